The smallest absolute Gasteiger partial charge is 0.330 e. The van der Waals surface area contributed by atoms with E-state index in [1.165, 1.54) is 16.1 Å². The monoisotopic (exact) mass is 546 g/mol. The number of fused-ring (bicyclic) bond motifs is 2. The van der Waals surface area contributed by atoms with Crippen molar-refractivity contribution in [1.29, 1.82) is 0 Å². The topological polar surface area (TPSA) is 132 Å². The lowest BCUT2D eigenvalue weighted by Gasteiger charge is -2.26. The summed E-state index contributed by atoms with van der Waals surface area (Å²) in [6.45, 7) is 6.50. The van der Waals surface area contributed by atoms with E-state index in [4.69, 9.17) is 14.7 Å². The highest BCUT2D eigenvalue weighted by Crippen LogP contribution is 2.34. The van der Waals surface area contributed by atoms with Crippen LogP contribution in [0.3, 0.4) is 0 Å². The molecule has 0 unspecified atom stereocenters. The molecule has 37 heavy (non-hydrogen) atoms. The summed E-state index contributed by atoms with van der Waals surface area (Å²) >= 11 is 1.50. The van der Waals surface area contributed by atoms with Crippen molar-refractivity contribution in [3.05, 3.63) is 50.4 Å². The van der Waals surface area contributed by atoms with Crippen molar-refractivity contribution >= 4 is 43.7 Å². The van der Waals surface area contributed by atoms with Crippen LogP contribution >= 0.6 is 11.8 Å². The van der Waals surface area contributed by atoms with Crippen molar-refractivity contribution in [3.63, 3.8) is 0 Å². The molecule has 0 saturated carbocycles. The van der Waals surface area contributed by atoms with E-state index >= 15 is 0 Å². The van der Waals surface area contributed by atoms with Crippen LogP contribution in [0.1, 0.15) is 38.1 Å². The van der Waals surface area contributed by atoms with Gasteiger partial charge in [-0.1, -0.05) is 19.4 Å². The van der Waals surface area contributed by atoms with Gasteiger partial charge in [0.15, 0.2) is 11.2 Å². The Morgan fingerprint density at radius 2 is 1.92 bits per heavy atom. The predicted octanol–water partition coefficient (Wildman–Crippen LogP) is 2.25. The van der Waals surface area contributed by atoms with Crippen LogP contribution in [-0.2, 0) is 40.0 Å². The Morgan fingerprint density at radius 1 is 1.14 bits per heavy atom. The second-order valence-electron chi connectivity index (χ2n) is 8.99. The predicted molar refractivity (Wildman–Crippen MR) is 143 cm³/mol. The fourth-order valence-corrected chi connectivity index (χ4v) is 7.02. The van der Waals surface area contributed by atoms with Crippen molar-refractivity contribution in [2.75, 3.05) is 26.3 Å². The maximum absolute atomic E-state index is 13.0. The van der Waals surface area contributed by atoms with Crippen molar-refractivity contribution in [3.8, 4) is 0 Å². The van der Waals surface area contributed by atoms with Crippen LogP contribution in [-0.4, -0.2) is 63.2 Å². The molecule has 11 nitrogen and oxygen atoms in total. The molecule has 3 aromatic rings. The molecule has 1 saturated heterocycles. The fourth-order valence-electron chi connectivity index (χ4n) is 4.65. The molecule has 0 amide bonds. The first-order chi connectivity index (χ1) is 17.8. The highest BCUT2D eigenvalue weighted by molar-refractivity contribution is 8.13. The Labute approximate surface area is 218 Å². The standard InChI is InChI=1S/C24H30N6O5S2/c1-3-5-8-30-22-21(23(31)27-24(30)32)29(4-2)19(26-22)15-36-20-13-16-6-7-17(14-18(16)25-20)37(33,34)28-9-11-35-12-10-28/h6-7,14H,3-5,8-13,15H2,1-2H3,(H,27,31,32). The Kier molecular flexibility index (Phi) is 7.39. The third-order valence-corrected chi connectivity index (χ3v) is 9.50. The van der Waals surface area contributed by atoms with Gasteiger partial charge in [-0.15, -0.1) is 11.8 Å². The average molecular weight is 547 g/mol. The van der Waals surface area contributed by atoms with Gasteiger partial charge in [0.05, 0.1) is 34.6 Å². The quantitative estimate of drug-likeness (QED) is 0.458. The zero-order chi connectivity index (χ0) is 26.2. The average Bonchev–Trinajstić information content (AvgIpc) is 3.48. The van der Waals surface area contributed by atoms with Gasteiger partial charge < -0.3 is 9.30 Å². The number of nitrogens with zero attached hydrogens (tertiary/aromatic N) is 5. The lowest BCUT2D eigenvalue weighted by atomic mass is 10.2. The summed E-state index contributed by atoms with van der Waals surface area (Å²) in [7, 11) is -3.60. The number of benzene rings is 1. The first kappa shape index (κ1) is 25.9. The summed E-state index contributed by atoms with van der Waals surface area (Å²) in [6.07, 6.45) is 2.33. The first-order valence-electron chi connectivity index (χ1n) is 12.5. The van der Waals surface area contributed by atoms with Crippen molar-refractivity contribution in [2.24, 2.45) is 4.99 Å². The number of ether oxygens (including phenoxy) is 1. The summed E-state index contributed by atoms with van der Waals surface area (Å²) < 4.78 is 36.2. The third-order valence-electron chi connectivity index (χ3n) is 6.64. The van der Waals surface area contributed by atoms with Gasteiger partial charge in [-0.05, 0) is 31.0 Å². The second kappa shape index (κ2) is 10.6. The highest BCUT2D eigenvalue weighted by atomic mass is 32.2. The lowest BCUT2D eigenvalue weighted by molar-refractivity contribution is 0.0730. The first-order valence-corrected chi connectivity index (χ1v) is 14.9. The van der Waals surface area contributed by atoms with E-state index < -0.39 is 21.3 Å². The zero-order valence-corrected chi connectivity index (χ0v) is 22.5. The molecule has 5 rings (SSSR count). The summed E-state index contributed by atoms with van der Waals surface area (Å²) in [6, 6.07) is 5.11. The SMILES string of the molecule is CCCCn1c(=O)[nH]c(=O)c2c1nc(CSC1=Nc3cc(S(=O)(=O)N4CCOCC4)ccc3C1)n2CC. The largest absolute Gasteiger partial charge is 0.379 e. The van der Waals surface area contributed by atoms with E-state index in [0.717, 1.165) is 23.4 Å². The Balaban J connectivity index is 1.39. The number of imidazole rings is 1. The number of H-pyrrole nitrogens is 1. The lowest BCUT2D eigenvalue weighted by Crippen LogP contribution is -2.40. The van der Waals surface area contributed by atoms with Crippen molar-refractivity contribution < 1.29 is 13.2 Å². The molecule has 0 radical (unpaired) electrons. The minimum atomic E-state index is -3.60. The summed E-state index contributed by atoms with van der Waals surface area (Å²) in [5.41, 5.74) is 1.57. The van der Waals surface area contributed by atoms with Gasteiger partial charge in [-0.25, -0.2) is 23.2 Å². The molecule has 0 bridgehead atoms. The molecule has 1 N–H and O–H groups in total. The highest BCUT2D eigenvalue weighted by Gasteiger charge is 2.28. The van der Waals surface area contributed by atoms with Gasteiger partial charge in [0.2, 0.25) is 10.0 Å². The molecule has 1 fully saturated rings. The Morgan fingerprint density at radius 3 is 2.65 bits per heavy atom. The molecule has 2 aliphatic heterocycles. The van der Waals surface area contributed by atoms with Crippen LogP contribution in [0, 0.1) is 0 Å². The molecule has 198 valence electrons. The maximum atomic E-state index is 13.0. The van der Waals surface area contributed by atoms with Gasteiger partial charge in [-0.2, -0.15) is 4.31 Å². The van der Waals surface area contributed by atoms with Crippen LogP contribution in [0.5, 0.6) is 0 Å². The Hall–Kier alpha value is -2.74. The normalized spacial score (nSPS) is 16.3. The Bertz CT molecular complexity index is 1580. The number of aromatic nitrogens is 4. The van der Waals surface area contributed by atoms with Gasteiger partial charge in [0.1, 0.15) is 5.82 Å². The van der Waals surface area contributed by atoms with E-state index in [1.807, 2.05) is 24.5 Å². The minimum Gasteiger partial charge on any atom is -0.379 e. The van der Waals surface area contributed by atoms with E-state index in [2.05, 4.69) is 4.98 Å². The van der Waals surface area contributed by atoms with E-state index in [-0.39, 0.29) is 4.90 Å². The molecule has 2 aromatic heterocycles. The number of aromatic amines is 1. The minimum absolute atomic E-state index is 0.236. The maximum Gasteiger partial charge on any atom is 0.330 e. The summed E-state index contributed by atoms with van der Waals surface area (Å²) in [5.74, 6) is 1.16. The number of aryl methyl sites for hydroxylation is 2. The number of morpholine rings is 1. The van der Waals surface area contributed by atoms with E-state index in [0.29, 0.717) is 74.2 Å². The number of hydrogen-bond donors (Lipinski definition) is 1. The molecule has 0 aliphatic carbocycles. The molecule has 0 atom stereocenters. The molecular formula is C24H30N6O5S2. The summed E-state index contributed by atoms with van der Waals surface area (Å²) in [5, 5.41) is 0.850. The van der Waals surface area contributed by atoms with Gasteiger partial charge in [-0.3, -0.25) is 14.3 Å². The van der Waals surface area contributed by atoms with Crippen LogP contribution in [0.2, 0.25) is 0 Å². The number of nitrogens with one attached hydrogen (secondary N) is 1. The number of unbranched alkanes of at least 4 members (excludes halogenated alkanes) is 1. The molecule has 4 heterocycles. The number of rotatable bonds is 8. The number of aliphatic imine (C=N–C) groups is 1. The zero-order valence-electron chi connectivity index (χ0n) is 20.9. The van der Waals surface area contributed by atoms with Crippen LogP contribution < -0.4 is 11.2 Å². The fraction of sp³-hybridized carbons (Fsp3) is 0.500. The summed E-state index contributed by atoms with van der Waals surface area (Å²) in [4.78, 5) is 37.1. The van der Waals surface area contributed by atoms with Crippen LogP contribution in [0.25, 0.3) is 11.2 Å². The number of thioether (sulfide) groups is 1. The number of sulfonamides is 1. The van der Waals surface area contributed by atoms with Crippen molar-refractivity contribution in [1.82, 2.24) is 23.4 Å². The molecule has 2 aliphatic rings. The molecule has 13 heteroatoms. The molecule has 1 aromatic carbocycles. The molecule has 0 spiro atoms. The van der Waals surface area contributed by atoms with Crippen LogP contribution in [0.15, 0.2) is 37.7 Å². The number of hydrogen-bond acceptors (Lipinski definition) is 8. The second-order valence-corrected chi connectivity index (χ2v) is 12.0. The van der Waals surface area contributed by atoms with Gasteiger partial charge in [0.25, 0.3) is 5.56 Å². The van der Waals surface area contributed by atoms with Gasteiger partial charge >= 0.3 is 5.69 Å². The van der Waals surface area contributed by atoms with E-state index in [9.17, 15) is 18.0 Å². The van der Waals surface area contributed by atoms with Crippen LogP contribution in [0.4, 0.5) is 5.69 Å². The third kappa shape index (κ3) is 4.92. The van der Waals surface area contributed by atoms with Gasteiger partial charge in [0, 0.05) is 32.6 Å². The molecular weight excluding hydrogens is 516 g/mol. The van der Waals surface area contributed by atoms with E-state index in [1.54, 1.807) is 16.7 Å². The van der Waals surface area contributed by atoms with Crippen molar-refractivity contribution in [2.45, 2.75) is 56.8 Å².